The number of carboxylic acids is 1. The molecule has 2 heterocycles. The Bertz CT molecular complexity index is 1100. The first kappa shape index (κ1) is 24.7. The molecule has 0 unspecified atom stereocenters. The molecule has 0 saturated carbocycles. The number of aliphatic carboxylic acids is 1. The predicted molar refractivity (Wildman–Crippen MR) is 120 cm³/mol. The van der Waals surface area contributed by atoms with E-state index in [0.717, 1.165) is 4.31 Å². The first-order chi connectivity index (χ1) is 15.4. The van der Waals surface area contributed by atoms with Crippen molar-refractivity contribution in [2.75, 3.05) is 6.54 Å². The monoisotopic (exact) mass is 478 g/mol. The number of hydrogen-bond donors (Lipinski definition) is 3. The molecule has 1 aromatic carbocycles. The largest absolute Gasteiger partial charge is 0.488 e. The van der Waals surface area contributed by atoms with Crippen molar-refractivity contribution in [3.63, 3.8) is 0 Å². The van der Waals surface area contributed by atoms with Crippen LogP contribution in [-0.4, -0.2) is 63.9 Å². The molecule has 0 aliphatic carbocycles. The van der Waals surface area contributed by atoms with E-state index in [-0.39, 0.29) is 23.6 Å². The van der Waals surface area contributed by atoms with Gasteiger partial charge in [0.05, 0.1) is 6.20 Å². The van der Waals surface area contributed by atoms with E-state index in [4.69, 9.17) is 4.74 Å². The molecule has 3 rings (SSSR count). The number of H-pyrrole nitrogens is 1. The lowest BCUT2D eigenvalue weighted by atomic mass is 10.0. The lowest BCUT2D eigenvalue weighted by molar-refractivity contribution is -0.142. The van der Waals surface area contributed by atoms with E-state index < -0.39 is 34.0 Å². The average Bonchev–Trinajstić information content (AvgIpc) is 3.37. The fourth-order valence-electron chi connectivity index (χ4n) is 3.70. The minimum atomic E-state index is -3.95. The molecule has 1 amide bonds. The molecule has 0 radical (unpaired) electrons. The zero-order valence-electron chi connectivity index (χ0n) is 19.2. The van der Waals surface area contributed by atoms with Crippen LogP contribution < -0.4 is 10.1 Å². The molecule has 1 fully saturated rings. The Kier molecular flexibility index (Phi) is 7.13. The number of imidazole rings is 1. The fourth-order valence-corrected chi connectivity index (χ4v) is 5.32. The molecule has 2 atom stereocenters. The smallest absolute Gasteiger partial charge is 0.326 e. The second kappa shape index (κ2) is 9.52. The van der Waals surface area contributed by atoms with Crippen LogP contribution in [0.2, 0.25) is 0 Å². The maximum atomic E-state index is 13.0. The van der Waals surface area contributed by atoms with Gasteiger partial charge in [0.25, 0.3) is 10.0 Å². The lowest BCUT2D eigenvalue weighted by Crippen LogP contribution is -2.51. The van der Waals surface area contributed by atoms with Gasteiger partial charge in [-0.3, -0.25) is 4.79 Å². The van der Waals surface area contributed by atoms with Gasteiger partial charge in [-0.2, -0.15) is 4.31 Å². The Labute approximate surface area is 193 Å². The van der Waals surface area contributed by atoms with Gasteiger partial charge >= 0.3 is 5.97 Å². The van der Waals surface area contributed by atoms with Crippen molar-refractivity contribution in [1.82, 2.24) is 19.6 Å². The highest BCUT2D eigenvalue weighted by Gasteiger charge is 2.41. The van der Waals surface area contributed by atoms with Gasteiger partial charge in [0.15, 0.2) is 5.03 Å². The Morgan fingerprint density at radius 1 is 1.30 bits per heavy atom. The molecule has 11 heteroatoms. The molecular formula is C22H30N4O6S. The second-order valence-electron chi connectivity index (χ2n) is 9.07. The number of nitrogens with zero attached hydrogens (tertiary/aromatic N) is 2. The summed E-state index contributed by atoms with van der Waals surface area (Å²) in [6, 6.07) is 4.80. The highest BCUT2D eigenvalue weighted by Crippen LogP contribution is 2.26. The number of aromatic nitrogens is 2. The molecule has 0 spiro atoms. The molecular weight excluding hydrogens is 448 g/mol. The second-order valence-corrected chi connectivity index (χ2v) is 10.9. The molecule has 180 valence electrons. The van der Waals surface area contributed by atoms with Crippen molar-refractivity contribution < 1.29 is 27.9 Å². The quantitative estimate of drug-likeness (QED) is 0.526. The fraction of sp³-hybridized carbons (Fsp3) is 0.500. The molecule has 3 N–H and O–H groups in total. The number of carboxylic acid groups (broad SMARTS) is 1. The number of ether oxygens (including phenoxy) is 1. The zero-order chi connectivity index (χ0) is 24.4. The number of hydrogen-bond acceptors (Lipinski definition) is 6. The maximum Gasteiger partial charge on any atom is 0.326 e. The third-order valence-corrected chi connectivity index (χ3v) is 6.99. The van der Waals surface area contributed by atoms with E-state index in [1.807, 2.05) is 20.8 Å². The van der Waals surface area contributed by atoms with Crippen LogP contribution in [0.3, 0.4) is 0 Å². The average molecular weight is 479 g/mol. The summed E-state index contributed by atoms with van der Waals surface area (Å²) < 4.78 is 32.8. The first-order valence-corrected chi connectivity index (χ1v) is 12.2. The number of benzene rings is 1. The Morgan fingerprint density at radius 3 is 2.52 bits per heavy atom. The van der Waals surface area contributed by atoms with Crippen molar-refractivity contribution in [1.29, 1.82) is 0 Å². The molecule has 33 heavy (non-hydrogen) atoms. The minimum Gasteiger partial charge on any atom is -0.488 e. The highest BCUT2D eigenvalue weighted by molar-refractivity contribution is 7.89. The van der Waals surface area contributed by atoms with E-state index in [1.54, 1.807) is 31.2 Å². The van der Waals surface area contributed by atoms with Crippen LogP contribution in [0.15, 0.2) is 35.5 Å². The Balaban J connectivity index is 1.70. The molecule has 0 bridgehead atoms. The first-order valence-electron chi connectivity index (χ1n) is 10.7. The van der Waals surface area contributed by atoms with Crippen LogP contribution in [0, 0.1) is 6.92 Å². The van der Waals surface area contributed by atoms with Gasteiger partial charge < -0.3 is 20.1 Å². The van der Waals surface area contributed by atoms with Gasteiger partial charge in [0, 0.05) is 13.0 Å². The van der Waals surface area contributed by atoms with Crippen LogP contribution in [0.5, 0.6) is 5.75 Å². The summed E-state index contributed by atoms with van der Waals surface area (Å²) in [5, 5.41) is 12.1. The summed E-state index contributed by atoms with van der Waals surface area (Å²) in [5.41, 5.74) is 0.342. The Hall–Kier alpha value is -2.92. The number of amides is 1. The van der Waals surface area contributed by atoms with Crippen LogP contribution in [0.25, 0.3) is 0 Å². The summed E-state index contributed by atoms with van der Waals surface area (Å²) in [6.45, 7) is 7.59. The molecule has 2 aromatic rings. The summed E-state index contributed by atoms with van der Waals surface area (Å²) in [7, 11) is -3.95. The summed E-state index contributed by atoms with van der Waals surface area (Å²) >= 11 is 0. The van der Waals surface area contributed by atoms with E-state index in [2.05, 4.69) is 15.3 Å². The van der Waals surface area contributed by atoms with Crippen molar-refractivity contribution in [2.45, 2.75) is 69.7 Å². The molecule has 10 nitrogen and oxygen atoms in total. The Morgan fingerprint density at radius 2 is 1.97 bits per heavy atom. The van der Waals surface area contributed by atoms with Crippen LogP contribution >= 0.6 is 0 Å². The number of carbonyl (C=O) groups excluding carboxylic acids is 1. The highest BCUT2D eigenvalue weighted by atomic mass is 32.2. The SMILES string of the molecule is Cc1ncc(S(=O)(=O)N2CCC[C@H]2C(=O)N[C@@H](Cc2ccc(OC(C)(C)C)cc2)C(=O)O)[nH]1. The van der Waals surface area contributed by atoms with E-state index >= 15 is 0 Å². The van der Waals surface area contributed by atoms with Crippen molar-refractivity contribution in [2.24, 2.45) is 0 Å². The topological polar surface area (TPSA) is 142 Å². The third kappa shape index (κ3) is 6.11. The lowest BCUT2D eigenvalue weighted by Gasteiger charge is -2.24. The van der Waals surface area contributed by atoms with Gasteiger partial charge in [-0.25, -0.2) is 18.2 Å². The van der Waals surface area contributed by atoms with Gasteiger partial charge in [-0.1, -0.05) is 12.1 Å². The van der Waals surface area contributed by atoms with Gasteiger partial charge in [-0.05, 0) is 58.2 Å². The number of sulfonamides is 1. The minimum absolute atomic E-state index is 0.0517. The van der Waals surface area contributed by atoms with Gasteiger partial charge in [-0.15, -0.1) is 0 Å². The zero-order valence-corrected chi connectivity index (χ0v) is 20.0. The van der Waals surface area contributed by atoms with Crippen LogP contribution in [0.4, 0.5) is 0 Å². The van der Waals surface area contributed by atoms with Crippen molar-refractivity contribution >= 4 is 21.9 Å². The number of rotatable bonds is 8. The van der Waals surface area contributed by atoms with E-state index in [9.17, 15) is 23.1 Å². The van der Waals surface area contributed by atoms with Crippen molar-refractivity contribution in [3.05, 3.63) is 41.9 Å². The summed E-state index contributed by atoms with van der Waals surface area (Å²) in [5.74, 6) is -0.732. The predicted octanol–water partition coefficient (Wildman–Crippen LogP) is 1.86. The normalized spacial score (nSPS) is 18.1. The van der Waals surface area contributed by atoms with Crippen molar-refractivity contribution in [3.8, 4) is 5.75 Å². The number of carbonyl (C=O) groups is 2. The third-order valence-electron chi connectivity index (χ3n) is 5.17. The maximum absolute atomic E-state index is 13.0. The van der Waals surface area contributed by atoms with Crippen LogP contribution in [0.1, 0.15) is 45.0 Å². The molecule has 1 saturated heterocycles. The van der Waals surface area contributed by atoms with Crippen LogP contribution in [-0.2, 0) is 26.0 Å². The molecule has 1 aromatic heterocycles. The number of aryl methyl sites for hydroxylation is 1. The van der Waals surface area contributed by atoms with E-state index in [0.29, 0.717) is 30.0 Å². The number of nitrogens with one attached hydrogen (secondary N) is 2. The van der Waals surface area contributed by atoms with Gasteiger partial charge in [0.1, 0.15) is 29.3 Å². The standard InChI is InChI=1S/C22H30N4O6S/c1-14-23-13-19(24-14)33(30,31)26-11-5-6-18(26)20(27)25-17(21(28)29)12-15-7-9-16(10-8-15)32-22(2,3)4/h7-10,13,17-18H,5-6,11-12H2,1-4H3,(H,23,24)(H,25,27)(H,28,29)/t17-,18-/m0/s1. The number of aromatic amines is 1. The molecule has 1 aliphatic rings. The summed E-state index contributed by atoms with van der Waals surface area (Å²) in [6.07, 6.45) is 2.07. The summed E-state index contributed by atoms with van der Waals surface area (Å²) in [4.78, 5) is 31.4. The molecule has 1 aliphatic heterocycles. The van der Waals surface area contributed by atoms with E-state index in [1.165, 1.54) is 6.20 Å². The van der Waals surface area contributed by atoms with Gasteiger partial charge in [0.2, 0.25) is 5.91 Å².